The number of rotatable bonds is 8. The second-order valence-corrected chi connectivity index (χ2v) is 5.93. The van der Waals surface area contributed by atoms with Crippen LogP contribution in [0.2, 0.25) is 0 Å². The molecular formula is C16H24N4S. The second kappa shape index (κ2) is 7.98. The van der Waals surface area contributed by atoms with Crippen LogP contribution in [0.1, 0.15) is 51.0 Å². The van der Waals surface area contributed by atoms with Crippen molar-refractivity contribution in [3.8, 4) is 0 Å². The first-order valence-corrected chi connectivity index (χ1v) is 8.57. The third kappa shape index (κ3) is 4.70. The number of anilines is 2. The van der Waals surface area contributed by atoms with Gasteiger partial charge in [0.15, 0.2) is 0 Å². The number of thiophene rings is 1. The van der Waals surface area contributed by atoms with Crippen LogP contribution in [0.25, 0.3) is 0 Å². The quantitative estimate of drug-likeness (QED) is 0.754. The summed E-state index contributed by atoms with van der Waals surface area (Å²) in [6.45, 7) is 7.39. The highest BCUT2D eigenvalue weighted by Gasteiger charge is 2.09. The Morgan fingerprint density at radius 1 is 1.19 bits per heavy atom. The SMILES string of the molecule is CCCNc1cc(NC(C)c2ccsc2)nc(CCC)n1. The molecule has 0 saturated heterocycles. The molecule has 0 aliphatic heterocycles. The molecule has 0 spiro atoms. The zero-order valence-corrected chi connectivity index (χ0v) is 13.8. The van der Waals surface area contributed by atoms with Gasteiger partial charge in [-0.25, -0.2) is 9.97 Å². The highest BCUT2D eigenvalue weighted by Crippen LogP contribution is 2.21. The molecule has 0 bridgehead atoms. The van der Waals surface area contributed by atoms with Crippen molar-refractivity contribution in [3.63, 3.8) is 0 Å². The van der Waals surface area contributed by atoms with Crippen molar-refractivity contribution in [2.45, 2.75) is 46.1 Å². The van der Waals surface area contributed by atoms with Gasteiger partial charge in [-0.1, -0.05) is 13.8 Å². The Morgan fingerprint density at radius 3 is 2.67 bits per heavy atom. The summed E-state index contributed by atoms with van der Waals surface area (Å²) in [6.07, 6.45) is 3.04. The predicted molar refractivity (Wildman–Crippen MR) is 91.2 cm³/mol. The minimum Gasteiger partial charge on any atom is -0.370 e. The number of aryl methyl sites for hydroxylation is 1. The fourth-order valence-corrected chi connectivity index (χ4v) is 2.83. The third-order valence-electron chi connectivity index (χ3n) is 3.21. The van der Waals surface area contributed by atoms with E-state index in [1.165, 1.54) is 5.56 Å². The van der Waals surface area contributed by atoms with Crippen LogP contribution < -0.4 is 10.6 Å². The molecule has 2 heterocycles. The zero-order valence-electron chi connectivity index (χ0n) is 13.0. The Labute approximate surface area is 131 Å². The van der Waals surface area contributed by atoms with Crippen molar-refractivity contribution in [2.75, 3.05) is 17.2 Å². The van der Waals surface area contributed by atoms with Gasteiger partial charge in [-0.3, -0.25) is 0 Å². The normalized spacial score (nSPS) is 12.1. The fourth-order valence-electron chi connectivity index (χ4n) is 2.08. The summed E-state index contributed by atoms with van der Waals surface area (Å²) in [5, 5.41) is 11.1. The Hall–Kier alpha value is -1.62. The largest absolute Gasteiger partial charge is 0.370 e. The first-order valence-electron chi connectivity index (χ1n) is 7.63. The van der Waals surface area contributed by atoms with E-state index in [1.807, 2.05) is 6.07 Å². The molecule has 0 aliphatic rings. The second-order valence-electron chi connectivity index (χ2n) is 5.15. The average Bonchev–Trinajstić information content (AvgIpc) is 2.99. The summed E-state index contributed by atoms with van der Waals surface area (Å²) in [4.78, 5) is 9.19. The molecule has 114 valence electrons. The number of nitrogens with one attached hydrogen (secondary N) is 2. The van der Waals surface area contributed by atoms with E-state index in [0.717, 1.165) is 43.3 Å². The van der Waals surface area contributed by atoms with Crippen molar-refractivity contribution < 1.29 is 0 Å². The van der Waals surface area contributed by atoms with E-state index in [2.05, 4.69) is 58.2 Å². The molecule has 0 aromatic carbocycles. The van der Waals surface area contributed by atoms with E-state index < -0.39 is 0 Å². The molecule has 0 fully saturated rings. The summed E-state index contributed by atoms with van der Waals surface area (Å²) < 4.78 is 0. The van der Waals surface area contributed by atoms with Crippen LogP contribution in [-0.2, 0) is 6.42 Å². The summed E-state index contributed by atoms with van der Waals surface area (Å²) in [5.74, 6) is 2.71. The van der Waals surface area contributed by atoms with Crippen molar-refractivity contribution >= 4 is 23.0 Å². The maximum atomic E-state index is 4.62. The maximum Gasteiger partial charge on any atom is 0.133 e. The Kier molecular flexibility index (Phi) is 5.99. The van der Waals surface area contributed by atoms with Gasteiger partial charge in [-0.2, -0.15) is 11.3 Å². The molecule has 0 aliphatic carbocycles. The van der Waals surface area contributed by atoms with Gasteiger partial charge in [0, 0.05) is 19.0 Å². The molecule has 5 heteroatoms. The van der Waals surface area contributed by atoms with E-state index in [9.17, 15) is 0 Å². The number of aromatic nitrogens is 2. The van der Waals surface area contributed by atoms with Gasteiger partial charge in [0.05, 0.1) is 6.04 Å². The Morgan fingerprint density at radius 2 is 2.00 bits per heavy atom. The molecular weight excluding hydrogens is 280 g/mol. The summed E-state index contributed by atoms with van der Waals surface area (Å²) in [5.41, 5.74) is 1.29. The minimum absolute atomic E-state index is 0.250. The molecule has 2 rings (SSSR count). The van der Waals surface area contributed by atoms with Crippen molar-refractivity contribution in [1.82, 2.24) is 9.97 Å². The first-order chi connectivity index (χ1) is 10.2. The monoisotopic (exact) mass is 304 g/mol. The molecule has 1 unspecified atom stereocenters. The van der Waals surface area contributed by atoms with Crippen LogP contribution in [0.4, 0.5) is 11.6 Å². The van der Waals surface area contributed by atoms with Crippen LogP contribution in [0, 0.1) is 0 Å². The van der Waals surface area contributed by atoms with E-state index >= 15 is 0 Å². The molecule has 2 N–H and O–H groups in total. The van der Waals surface area contributed by atoms with Gasteiger partial charge >= 0.3 is 0 Å². The van der Waals surface area contributed by atoms with Crippen LogP contribution >= 0.6 is 11.3 Å². The minimum atomic E-state index is 0.250. The Balaban J connectivity index is 2.14. The van der Waals surface area contributed by atoms with Crippen LogP contribution in [-0.4, -0.2) is 16.5 Å². The van der Waals surface area contributed by atoms with Crippen LogP contribution in [0.3, 0.4) is 0 Å². The third-order valence-corrected chi connectivity index (χ3v) is 3.91. The summed E-state index contributed by atoms with van der Waals surface area (Å²) in [7, 11) is 0. The van der Waals surface area contributed by atoms with Gasteiger partial charge in [-0.05, 0) is 42.2 Å². The van der Waals surface area contributed by atoms with E-state index in [0.29, 0.717) is 0 Å². The average molecular weight is 304 g/mol. The van der Waals surface area contributed by atoms with Gasteiger partial charge in [0.1, 0.15) is 17.5 Å². The summed E-state index contributed by atoms with van der Waals surface area (Å²) >= 11 is 1.72. The predicted octanol–water partition coefficient (Wildman–Crippen LogP) is 4.49. The molecule has 0 radical (unpaired) electrons. The first kappa shape index (κ1) is 15.8. The van der Waals surface area contributed by atoms with Gasteiger partial charge < -0.3 is 10.6 Å². The van der Waals surface area contributed by atoms with Gasteiger partial charge in [-0.15, -0.1) is 0 Å². The van der Waals surface area contributed by atoms with Gasteiger partial charge in [0.2, 0.25) is 0 Å². The van der Waals surface area contributed by atoms with Crippen molar-refractivity contribution in [3.05, 3.63) is 34.3 Å². The van der Waals surface area contributed by atoms with E-state index in [4.69, 9.17) is 0 Å². The lowest BCUT2D eigenvalue weighted by Gasteiger charge is -2.15. The fraction of sp³-hybridized carbons (Fsp3) is 0.500. The van der Waals surface area contributed by atoms with E-state index in [-0.39, 0.29) is 6.04 Å². The van der Waals surface area contributed by atoms with Crippen LogP contribution in [0.5, 0.6) is 0 Å². The molecule has 2 aromatic heterocycles. The standard InChI is InChI=1S/C16H24N4S/c1-4-6-14-19-15(17-8-5-2)10-16(20-14)18-12(3)13-7-9-21-11-13/h7,9-12H,4-6,8H2,1-3H3,(H2,17,18,19,20). The highest BCUT2D eigenvalue weighted by molar-refractivity contribution is 7.07. The molecule has 0 amide bonds. The Bertz CT molecular complexity index is 539. The molecule has 21 heavy (non-hydrogen) atoms. The zero-order chi connectivity index (χ0) is 15.1. The lowest BCUT2D eigenvalue weighted by atomic mass is 10.2. The molecule has 1 atom stereocenters. The van der Waals surface area contributed by atoms with Gasteiger partial charge in [0.25, 0.3) is 0 Å². The number of nitrogens with zero attached hydrogens (tertiary/aromatic N) is 2. The maximum absolute atomic E-state index is 4.62. The highest BCUT2D eigenvalue weighted by atomic mass is 32.1. The number of hydrogen-bond acceptors (Lipinski definition) is 5. The lowest BCUT2D eigenvalue weighted by molar-refractivity contribution is 0.818. The topological polar surface area (TPSA) is 49.8 Å². The lowest BCUT2D eigenvalue weighted by Crippen LogP contribution is -2.11. The van der Waals surface area contributed by atoms with Crippen molar-refractivity contribution in [1.29, 1.82) is 0 Å². The molecule has 2 aromatic rings. The van der Waals surface area contributed by atoms with E-state index in [1.54, 1.807) is 11.3 Å². The molecule has 4 nitrogen and oxygen atoms in total. The smallest absolute Gasteiger partial charge is 0.133 e. The summed E-state index contributed by atoms with van der Waals surface area (Å²) in [6, 6.07) is 4.39. The van der Waals surface area contributed by atoms with Crippen molar-refractivity contribution in [2.24, 2.45) is 0 Å². The number of hydrogen-bond donors (Lipinski definition) is 2. The van der Waals surface area contributed by atoms with Crippen LogP contribution in [0.15, 0.2) is 22.9 Å². The molecule has 0 saturated carbocycles.